The van der Waals surface area contributed by atoms with E-state index in [1.54, 1.807) is 4.57 Å². The zero-order chi connectivity index (χ0) is 13.4. The van der Waals surface area contributed by atoms with Crippen LogP contribution >= 0.6 is 12.2 Å². The predicted octanol–water partition coefficient (Wildman–Crippen LogP) is 2.77. The molecule has 1 aromatic heterocycles. The fourth-order valence-corrected chi connectivity index (χ4v) is 3.43. The van der Waals surface area contributed by atoms with Crippen molar-refractivity contribution in [1.29, 1.82) is 0 Å². The van der Waals surface area contributed by atoms with E-state index in [0.29, 0.717) is 12.1 Å². The summed E-state index contributed by atoms with van der Waals surface area (Å²) in [6.07, 6.45) is 3.59. The quantitative estimate of drug-likeness (QED) is 0.642. The average molecular weight is 279 g/mol. The van der Waals surface area contributed by atoms with Crippen LogP contribution in [-0.4, -0.2) is 14.5 Å². The SMILES string of the molecule is On1[c]c2n(c1=S)C[C@@]1(c3cc(F)cc(F)c3)C[C@@H]21. The van der Waals surface area contributed by atoms with Gasteiger partial charge in [-0.15, -0.1) is 0 Å². The maximum Gasteiger partial charge on any atom is 0.215 e. The summed E-state index contributed by atoms with van der Waals surface area (Å²) in [5.41, 5.74) is 1.19. The molecule has 2 atom stereocenters. The van der Waals surface area contributed by atoms with Gasteiger partial charge in [-0.1, -0.05) is 0 Å². The second kappa shape index (κ2) is 3.25. The molecule has 0 unspecified atom stereocenters. The molecule has 1 aliphatic heterocycles. The summed E-state index contributed by atoms with van der Waals surface area (Å²) in [5, 5.41) is 9.48. The van der Waals surface area contributed by atoms with Crippen molar-refractivity contribution in [2.75, 3.05) is 0 Å². The van der Waals surface area contributed by atoms with Crippen LogP contribution in [-0.2, 0) is 12.0 Å². The van der Waals surface area contributed by atoms with E-state index in [2.05, 4.69) is 6.20 Å². The number of nitrogens with zero attached hydrogens (tertiary/aromatic N) is 2. The Morgan fingerprint density at radius 1 is 1.32 bits per heavy atom. The Balaban J connectivity index is 1.83. The minimum absolute atomic E-state index is 0.129. The molecule has 1 radical (unpaired) electrons. The lowest BCUT2D eigenvalue weighted by Gasteiger charge is -2.13. The van der Waals surface area contributed by atoms with E-state index in [4.69, 9.17) is 12.2 Å². The Kier molecular flexibility index (Phi) is 1.91. The van der Waals surface area contributed by atoms with Gasteiger partial charge in [-0.3, -0.25) is 0 Å². The van der Waals surface area contributed by atoms with Gasteiger partial charge in [0, 0.05) is 23.9 Å². The summed E-state index contributed by atoms with van der Waals surface area (Å²) in [6.45, 7) is 0.540. The maximum atomic E-state index is 13.3. The predicted molar refractivity (Wildman–Crippen MR) is 64.7 cm³/mol. The number of benzene rings is 1. The van der Waals surface area contributed by atoms with Gasteiger partial charge in [-0.2, -0.15) is 4.73 Å². The molecule has 0 spiro atoms. The van der Waals surface area contributed by atoms with Gasteiger partial charge in [0.25, 0.3) is 0 Å². The zero-order valence-electron chi connectivity index (χ0n) is 9.73. The summed E-state index contributed by atoms with van der Waals surface area (Å²) in [5.74, 6) is -0.999. The van der Waals surface area contributed by atoms with Gasteiger partial charge in [-0.05, 0) is 36.3 Å². The number of hydrogen-bond acceptors (Lipinski definition) is 2. The van der Waals surface area contributed by atoms with Crippen LogP contribution in [0.1, 0.15) is 23.6 Å². The van der Waals surface area contributed by atoms with Gasteiger partial charge in [0.1, 0.15) is 17.8 Å². The first-order chi connectivity index (χ1) is 9.01. The van der Waals surface area contributed by atoms with Crippen LogP contribution < -0.4 is 0 Å². The molecule has 0 amide bonds. The third-order valence-corrected chi connectivity index (χ3v) is 4.60. The molecule has 1 N–H and O–H groups in total. The second-order valence-electron chi connectivity index (χ2n) is 5.25. The lowest BCUT2D eigenvalue weighted by Crippen LogP contribution is -2.14. The Bertz CT molecular complexity index is 746. The smallest absolute Gasteiger partial charge is 0.215 e. The van der Waals surface area contributed by atoms with Crippen molar-refractivity contribution in [2.45, 2.75) is 24.3 Å². The van der Waals surface area contributed by atoms with Crippen LogP contribution in [0, 0.1) is 22.6 Å². The number of aromatic nitrogens is 2. The third-order valence-electron chi connectivity index (χ3n) is 4.21. The fourth-order valence-electron chi connectivity index (χ4n) is 3.23. The van der Waals surface area contributed by atoms with E-state index in [9.17, 15) is 14.0 Å². The monoisotopic (exact) mass is 279 g/mol. The molecule has 0 saturated heterocycles. The molecule has 97 valence electrons. The first-order valence-electron chi connectivity index (χ1n) is 5.92. The van der Waals surface area contributed by atoms with Gasteiger partial charge in [-0.25, -0.2) is 8.78 Å². The van der Waals surface area contributed by atoms with E-state index in [1.165, 1.54) is 12.1 Å². The van der Waals surface area contributed by atoms with E-state index < -0.39 is 11.6 Å². The Hall–Kier alpha value is -1.69. The highest BCUT2D eigenvalue weighted by Gasteiger charge is 2.62. The van der Waals surface area contributed by atoms with Crippen molar-refractivity contribution in [1.82, 2.24) is 9.30 Å². The largest absolute Gasteiger partial charge is 0.425 e. The van der Waals surface area contributed by atoms with Crippen LogP contribution in [0.3, 0.4) is 0 Å². The molecule has 1 aliphatic carbocycles. The first kappa shape index (κ1) is 11.2. The van der Waals surface area contributed by atoms with Gasteiger partial charge < -0.3 is 9.77 Å². The number of halogens is 2. The highest BCUT2D eigenvalue weighted by Crippen LogP contribution is 2.65. The second-order valence-corrected chi connectivity index (χ2v) is 5.61. The lowest BCUT2D eigenvalue weighted by atomic mass is 9.94. The summed E-state index contributed by atoms with van der Waals surface area (Å²) in [7, 11) is 0. The topological polar surface area (TPSA) is 30.1 Å². The van der Waals surface area contributed by atoms with Crippen molar-refractivity contribution < 1.29 is 14.0 Å². The van der Waals surface area contributed by atoms with Crippen LogP contribution in [0.15, 0.2) is 18.2 Å². The van der Waals surface area contributed by atoms with Gasteiger partial charge in [0.05, 0.1) is 5.69 Å². The van der Waals surface area contributed by atoms with Crippen molar-refractivity contribution in [2.24, 2.45) is 0 Å². The molecule has 2 aromatic rings. The molecule has 2 aliphatic rings. The number of imidazole rings is 1. The van der Waals surface area contributed by atoms with Gasteiger partial charge in [0.2, 0.25) is 4.77 Å². The van der Waals surface area contributed by atoms with E-state index >= 15 is 0 Å². The number of hydrogen-bond donors (Lipinski definition) is 1. The fraction of sp³-hybridized carbons (Fsp3) is 0.308. The molecule has 4 rings (SSSR count). The molecule has 3 nitrogen and oxygen atoms in total. The third kappa shape index (κ3) is 1.32. The Morgan fingerprint density at radius 2 is 2.00 bits per heavy atom. The number of rotatable bonds is 1. The minimum atomic E-state index is -0.564. The molecule has 1 saturated carbocycles. The molecule has 6 heteroatoms. The molecular formula is C13H9F2N2OS. The lowest BCUT2D eigenvalue weighted by molar-refractivity contribution is 0.176. The summed E-state index contributed by atoms with van der Waals surface area (Å²) in [6, 6.07) is 3.64. The standard InChI is InChI=1S/C13H9F2N2OS/c14-8-1-7(2-9(15)3-8)13-4-10(13)11-5-17(18)12(19)16(11)6-13/h1-3,10,18H,4,6H2/t10-,13+/m0/s1. The molecule has 19 heavy (non-hydrogen) atoms. The normalized spacial score (nSPS) is 27.2. The van der Waals surface area contributed by atoms with Crippen LogP contribution in [0.2, 0.25) is 0 Å². The van der Waals surface area contributed by atoms with Crippen molar-refractivity contribution in [3.63, 3.8) is 0 Å². The molecular weight excluding hydrogens is 270 g/mol. The van der Waals surface area contributed by atoms with Gasteiger partial charge >= 0.3 is 0 Å². The average Bonchev–Trinajstić information content (AvgIpc) is 2.90. The van der Waals surface area contributed by atoms with Crippen molar-refractivity contribution >= 4 is 12.2 Å². The van der Waals surface area contributed by atoms with Gasteiger partial charge in [0.15, 0.2) is 0 Å². The molecule has 1 aromatic carbocycles. The Labute approximate surface area is 112 Å². The maximum absolute atomic E-state index is 13.3. The molecule has 0 bridgehead atoms. The summed E-state index contributed by atoms with van der Waals surface area (Å²) < 4.78 is 29.6. The van der Waals surface area contributed by atoms with Crippen LogP contribution in [0.4, 0.5) is 8.78 Å². The number of fused-ring (bicyclic) bond motifs is 3. The summed E-state index contributed by atoms with van der Waals surface area (Å²) >= 11 is 5.07. The zero-order valence-corrected chi connectivity index (χ0v) is 10.5. The van der Waals surface area contributed by atoms with Crippen molar-refractivity contribution in [3.8, 4) is 0 Å². The van der Waals surface area contributed by atoms with E-state index in [-0.39, 0.29) is 16.1 Å². The first-order valence-corrected chi connectivity index (χ1v) is 6.33. The van der Waals surface area contributed by atoms with Crippen LogP contribution in [0.25, 0.3) is 0 Å². The van der Waals surface area contributed by atoms with E-state index in [1.807, 2.05) is 0 Å². The Morgan fingerprint density at radius 3 is 2.63 bits per heavy atom. The van der Waals surface area contributed by atoms with E-state index in [0.717, 1.165) is 22.9 Å². The molecule has 2 heterocycles. The van der Waals surface area contributed by atoms with Crippen molar-refractivity contribution in [3.05, 3.63) is 52.1 Å². The minimum Gasteiger partial charge on any atom is -0.425 e. The highest BCUT2D eigenvalue weighted by atomic mass is 32.1. The van der Waals surface area contributed by atoms with Crippen LogP contribution in [0.5, 0.6) is 0 Å². The molecule has 1 fully saturated rings. The summed E-state index contributed by atoms with van der Waals surface area (Å²) in [4.78, 5) is 0. The highest BCUT2D eigenvalue weighted by molar-refractivity contribution is 7.71.